The first-order valence-electron chi connectivity index (χ1n) is 12.2. The summed E-state index contributed by atoms with van der Waals surface area (Å²) in [4.78, 5) is 5.77. The van der Waals surface area contributed by atoms with Crippen LogP contribution in [0.2, 0.25) is 0 Å². The van der Waals surface area contributed by atoms with Crippen LogP contribution in [0, 0.1) is 0 Å². The van der Waals surface area contributed by atoms with E-state index in [0.29, 0.717) is 50.6 Å². The molecule has 1 aromatic heterocycles. The third kappa shape index (κ3) is 4.92. The van der Waals surface area contributed by atoms with E-state index in [2.05, 4.69) is 46.4 Å². The lowest BCUT2D eigenvalue weighted by atomic mass is 9.92. The summed E-state index contributed by atoms with van der Waals surface area (Å²) in [6.45, 7) is 6.35. The van der Waals surface area contributed by atoms with Crippen LogP contribution in [0.5, 0.6) is 11.5 Å². The second-order valence-electron chi connectivity index (χ2n) is 8.90. The Bertz CT molecular complexity index is 1100. The summed E-state index contributed by atoms with van der Waals surface area (Å²) >= 11 is 0. The number of para-hydroxylation sites is 1. The van der Waals surface area contributed by atoms with Crippen LogP contribution in [-0.2, 0) is 13.0 Å². The molecule has 2 heterocycles. The maximum Gasteiger partial charge on any atom is 0.168 e. The van der Waals surface area contributed by atoms with Crippen molar-refractivity contribution in [3.8, 4) is 22.6 Å². The van der Waals surface area contributed by atoms with E-state index in [1.54, 1.807) is 7.11 Å². The van der Waals surface area contributed by atoms with Gasteiger partial charge < -0.3 is 24.9 Å². The summed E-state index contributed by atoms with van der Waals surface area (Å²) in [5, 5.41) is 14.9. The van der Waals surface area contributed by atoms with Gasteiger partial charge in [-0.25, -0.2) is 0 Å². The second-order valence-corrected chi connectivity index (χ2v) is 8.90. The van der Waals surface area contributed by atoms with Gasteiger partial charge in [-0.1, -0.05) is 31.2 Å². The molecule has 1 aliphatic heterocycles. The molecule has 0 bridgehead atoms. The molecule has 2 aromatic carbocycles. The number of fused-ring (bicyclic) bond motifs is 3. The van der Waals surface area contributed by atoms with E-state index in [4.69, 9.17) is 9.47 Å². The SMILES string of the molecule is CC[C@@H](O)N1Cc2[nH]c3cccc(-c4cccc(OCCNCCCF)c4OC)c3c2C[C@H]1C. The van der Waals surface area contributed by atoms with Crippen LogP contribution < -0.4 is 14.8 Å². The van der Waals surface area contributed by atoms with E-state index in [1.165, 1.54) is 16.6 Å². The summed E-state index contributed by atoms with van der Waals surface area (Å²) in [7, 11) is 1.67. The summed E-state index contributed by atoms with van der Waals surface area (Å²) in [6, 6.07) is 12.5. The van der Waals surface area contributed by atoms with Gasteiger partial charge in [-0.3, -0.25) is 9.29 Å². The van der Waals surface area contributed by atoms with Crippen LogP contribution in [0.15, 0.2) is 36.4 Å². The number of methoxy groups -OCH3 is 1. The largest absolute Gasteiger partial charge is 0.492 e. The van der Waals surface area contributed by atoms with Crippen molar-refractivity contribution >= 4 is 10.9 Å². The zero-order valence-electron chi connectivity index (χ0n) is 20.4. The first-order chi connectivity index (χ1) is 16.6. The number of nitrogens with one attached hydrogen (secondary N) is 2. The van der Waals surface area contributed by atoms with Crippen molar-refractivity contribution < 1.29 is 19.0 Å². The van der Waals surface area contributed by atoms with Crippen molar-refractivity contribution in [1.82, 2.24) is 15.2 Å². The van der Waals surface area contributed by atoms with Gasteiger partial charge in [0.2, 0.25) is 0 Å². The molecular formula is C27H36FN3O3. The highest BCUT2D eigenvalue weighted by molar-refractivity contribution is 6.00. The minimum atomic E-state index is -0.436. The van der Waals surface area contributed by atoms with E-state index in [9.17, 15) is 9.50 Å². The normalized spacial score (nSPS) is 17.0. The number of aromatic amines is 1. The van der Waals surface area contributed by atoms with Crippen LogP contribution in [0.3, 0.4) is 0 Å². The van der Waals surface area contributed by atoms with Gasteiger partial charge in [0.05, 0.1) is 13.8 Å². The minimum absolute atomic E-state index is 0.246. The molecular weight excluding hydrogens is 433 g/mol. The number of aliphatic hydroxyl groups is 1. The Kier molecular flexibility index (Phi) is 8.08. The molecule has 184 valence electrons. The highest BCUT2D eigenvalue weighted by Gasteiger charge is 2.30. The topological polar surface area (TPSA) is 69.8 Å². The van der Waals surface area contributed by atoms with Crippen LogP contribution in [0.4, 0.5) is 4.39 Å². The van der Waals surface area contributed by atoms with Crippen LogP contribution >= 0.6 is 0 Å². The number of rotatable bonds is 11. The van der Waals surface area contributed by atoms with Gasteiger partial charge in [-0.05, 0) is 56.0 Å². The van der Waals surface area contributed by atoms with Crippen molar-refractivity contribution in [3.05, 3.63) is 47.7 Å². The predicted molar refractivity (Wildman–Crippen MR) is 134 cm³/mol. The van der Waals surface area contributed by atoms with E-state index in [1.807, 2.05) is 19.1 Å². The lowest BCUT2D eigenvalue weighted by Gasteiger charge is -2.36. The van der Waals surface area contributed by atoms with Crippen LogP contribution in [0.1, 0.15) is 37.9 Å². The minimum Gasteiger partial charge on any atom is -0.492 e. The fourth-order valence-corrected chi connectivity index (χ4v) is 4.94. The summed E-state index contributed by atoms with van der Waals surface area (Å²) in [5.41, 5.74) is 5.66. The van der Waals surface area contributed by atoms with Gasteiger partial charge in [0, 0.05) is 41.3 Å². The fourth-order valence-electron chi connectivity index (χ4n) is 4.94. The fraction of sp³-hybridized carbons (Fsp3) is 0.481. The monoisotopic (exact) mass is 469 g/mol. The number of ether oxygens (including phenoxy) is 2. The zero-order chi connectivity index (χ0) is 24.1. The molecule has 34 heavy (non-hydrogen) atoms. The van der Waals surface area contributed by atoms with Crippen molar-refractivity contribution in [1.29, 1.82) is 0 Å². The number of H-pyrrole nitrogens is 1. The zero-order valence-corrected chi connectivity index (χ0v) is 20.4. The van der Waals surface area contributed by atoms with E-state index in [0.717, 1.165) is 23.1 Å². The summed E-state index contributed by atoms with van der Waals surface area (Å²) in [6.07, 6.45) is 1.65. The lowest BCUT2D eigenvalue weighted by Crippen LogP contribution is -2.44. The molecule has 1 aliphatic rings. The number of nitrogens with zero attached hydrogens (tertiary/aromatic N) is 1. The number of halogens is 1. The molecule has 4 rings (SSSR count). The van der Waals surface area contributed by atoms with E-state index >= 15 is 0 Å². The van der Waals surface area contributed by atoms with Crippen molar-refractivity contribution in [2.45, 2.75) is 51.9 Å². The molecule has 3 aromatic rings. The average Bonchev–Trinajstić information content (AvgIpc) is 3.22. The Morgan fingerprint density at radius 3 is 2.76 bits per heavy atom. The maximum atomic E-state index is 12.3. The molecule has 6 nitrogen and oxygen atoms in total. The highest BCUT2D eigenvalue weighted by Crippen LogP contribution is 2.43. The predicted octanol–water partition coefficient (Wildman–Crippen LogP) is 4.65. The number of aliphatic hydroxyl groups excluding tert-OH is 1. The highest BCUT2D eigenvalue weighted by atomic mass is 19.1. The first-order valence-corrected chi connectivity index (χ1v) is 12.2. The number of alkyl halides is 1. The molecule has 0 radical (unpaired) electrons. The maximum absolute atomic E-state index is 12.3. The Hall–Kier alpha value is -2.61. The summed E-state index contributed by atoms with van der Waals surface area (Å²) < 4.78 is 24.1. The standard InChI is InChI=1S/C27H36FN3O3/c1-4-25(32)31-17-23-21(16-18(31)2)26-19(8-5-10-22(26)30-23)20-9-6-11-24(27(20)33-3)34-15-14-29-13-7-12-28/h5-6,8-11,18,25,29-30,32H,4,7,12-17H2,1-3H3/t18-,25-/m1/s1. The molecule has 0 saturated heterocycles. The number of aromatic nitrogens is 1. The Morgan fingerprint density at radius 1 is 1.21 bits per heavy atom. The third-order valence-corrected chi connectivity index (χ3v) is 6.67. The van der Waals surface area contributed by atoms with Crippen LogP contribution in [-0.4, -0.2) is 60.7 Å². The molecule has 0 aliphatic carbocycles. The molecule has 0 amide bonds. The van der Waals surface area contributed by atoms with Gasteiger partial charge in [0.25, 0.3) is 0 Å². The van der Waals surface area contributed by atoms with Crippen molar-refractivity contribution in [2.24, 2.45) is 0 Å². The average molecular weight is 470 g/mol. The second kappa shape index (κ2) is 11.2. The molecule has 0 fully saturated rings. The Morgan fingerprint density at radius 2 is 2.00 bits per heavy atom. The van der Waals surface area contributed by atoms with Crippen molar-refractivity contribution in [2.75, 3.05) is 33.5 Å². The molecule has 2 atom stereocenters. The molecule has 3 N–H and O–H groups in total. The smallest absolute Gasteiger partial charge is 0.168 e. The third-order valence-electron chi connectivity index (χ3n) is 6.67. The number of hydrogen-bond donors (Lipinski definition) is 3. The molecule has 0 unspecified atom stereocenters. The first kappa shape index (κ1) is 24.5. The van der Waals surface area contributed by atoms with Gasteiger partial charge in [-0.2, -0.15) is 0 Å². The number of hydrogen-bond acceptors (Lipinski definition) is 5. The van der Waals surface area contributed by atoms with E-state index in [-0.39, 0.29) is 12.7 Å². The van der Waals surface area contributed by atoms with Gasteiger partial charge in [-0.15, -0.1) is 0 Å². The Balaban J connectivity index is 1.66. The molecule has 7 heteroatoms. The van der Waals surface area contributed by atoms with Crippen LogP contribution in [0.25, 0.3) is 22.0 Å². The number of benzene rings is 2. The van der Waals surface area contributed by atoms with Gasteiger partial charge in [0.1, 0.15) is 12.8 Å². The van der Waals surface area contributed by atoms with Gasteiger partial charge >= 0.3 is 0 Å². The van der Waals surface area contributed by atoms with Gasteiger partial charge in [0.15, 0.2) is 11.5 Å². The van der Waals surface area contributed by atoms with Crippen molar-refractivity contribution in [3.63, 3.8) is 0 Å². The molecule has 0 spiro atoms. The Labute approximate surface area is 201 Å². The summed E-state index contributed by atoms with van der Waals surface area (Å²) in [5.74, 6) is 1.40. The molecule has 0 saturated carbocycles. The van der Waals surface area contributed by atoms with E-state index < -0.39 is 6.23 Å². The lowest BCUT2D eigenvalue weighted by molar-refractivity contribution is -0.0343. The quantitative estimate of drug-likeness (QED) is 0.357.